The van der Waals surface area contributed by atoms with Crippen LogP contribution in [0.5, 0.6) is 0 Å². The highest BCUT2D eigenvalue weighted by atomic mass is 79.9. The fraction of sp³-hybridized carbons (Fsp3) is 0.286. The third-order valence-corrected chi connectivity index (χ3v) is 6.39. The summed E-state index contributed by atoms with van der Waals surface area (Å²) in [7, 11) is 0.522. The molecular formula is C14H17BrN2O2S2. The first-order chi connectivity index (χ1) is 9.88. The lowest BCUT2D eigenvalue weighted by Crippen LogP contribution is -2.23. The zero-order valence-electron chi connectivity index (χ0n) is 11.8. The first kappa shape index (κ1) is 16.6. The Labute approximate surface area is 138 Å². The Kier molecular flexibility index (Phi) is 5.56. The minimum absolute atomic E-state index is 0.294. The van der Waals surface area contributed by atoms with Gasteiger partial charge >= 0.3 is 0 Å². The number of hydrogen-bond acceptors (Lipinski definition) is 4. The van der Waals surface area contributed by atoms with Crippen molar-refractivity contribution >= 4 is 37.3 Å². The molecule has 0 radical (unpaired) electrons. The van der Waals surface area contributed by atoms with E-state index in [2.05, 4.69) is 25.6 Å². The van der Waals surface area contributed by atoms with E-state index in [1.807, 2.05) is 38.4 Å². The second kappa shape index (κ2) is 7.02. The molecule has 0 aliphatic carbocycles. The topological polar surface area (TPSA) is 49.4 Å². The summed E-state index contributed by atoms with van der Waals surface area (Å²) >= 11 is 4.48. The van der Waals surface area contributed by atoms with Crippen LogP contribution in [0, 0.1) is 0 Å². The number of sulfonamides is 1. The van der Waals surface area contributed by atoms with E-state index in [0.717, 1.165) is 21.5 Å². The maximum Gasteiger partial charge on any atom is 0.250 e. The highest BCUT2D eigenvalue weighted by molar-refractivity contribution is 9.11. The van der Waals surface area contributed by atoms with Crippen LogP contribution in [0.1, 0.15) is 11.1 Å². The van der Waals surface area contributed by atoms with Gasteiger partial charge in [0.1, 0.15) is 4.21 Å². The Balaban J connectivity index is 2.13. The predicted molar refractivity (Wildman–Crippen MR) is 89.9 cm³/mol. The fourth-order valence-electron chi connectivity index (χ4n) is 1.91. The molecule has 7 heteroatoms. The summed E-state index contributed by atoms with van der Waals surface area (Å²) in [5, 5.41) is 0. The van der Waals surface area contributed by atoms with Crippen LogP contribution >= 0.6 is 27.3 Å². The van der Waals surface area contributed by atoms with E-state index >= 15 is 0 Å². The summed E-state index contributed by atoms with van der Waals surface area (Å²) in [5.74, 6) is 0. The average molecular weight is 389 g/mol. The molecule has 0 spiro atoms. The van der Waals surface area contributed by atoms with E-state index in [-0.39, 0.29) is 0 Å². The Morgan fingerprint density at radius 2 is 1.81 bits per heavy atom. The standard InChI is InChI=1S/C14H17BrN2O2S2/c1-17(2)10-12-6-4-3-5-11(12)9-16-21(18,19)14-8-7-13(15)20-14/h3-8,16H,9-10H2,1-2H3. The molecule has 1 aromatic heterocycles. The molecule has 0 amide bonds. The molecule has 2 aromatic rings. The van der Waals surface area contributed by atoms with Crippen molar-refractivity contribution in [1.29, 1.82) is 0 Å². The van der Waals surface area contributed by atoms with Gasteiger partial charge in [0.15, 0.2) is 0 Å². The monoisotopic (exact) mass is 388 g/mol. The van der Waals surface area contributed by atoms with Gasteiger partial charge in [-0.05, 0) is 53.3 Å². The third kappa shape index (κ3) is 4.62. The van der Waals surface area contributed by atoms with Gasteiger partial charge in [-0.3, -0.25) is 0 Å². The highest BCUT2D eigenvalue weighted by Gasteiger charge is 2.16. The van der Waals surface area contributed by atoms with Crippen LogP contribution in [0.25, 0.3) is 0 Å². The molecule has 21 heavy (non-hydrogen) atoms. The smallest absolute Gasteiger partial charge is 0.250 e. The molecular weight excluding hydrogens is 372 g/mol. The molecule has 1 aromatic carbocycles. The van der Waals surface area contributed by atoms with Gasteiger partial charge in [-0.2, -0.15) is 0 Å². The van der Waals surface area contributed by atoms with Crippen molar-refractivity contribution in [3.05, 3.63) is 51.3 Å². The molecule has 0 unspecified atom stereocenters. The van der Waals surface area contributed by atoms with Gasteiger partial charge in [-0.1, -0.05) is 24.3 Å². The Bertz CT molecular complexity index is 711. The normalized spacial score (nSPS) is 12.0. The molecule has 1 N–H and O–H groups in total. The summed E-state index contributed by atoms with van der Waals surface area (Å²) in [4.78, 5) is 2.06. The van der Waals surface area contributed by atoms with Crippen molar-refractivity contribution in [2.75, 3.05) is 14.1 Å². The minimum Gasteiger partial charge on any atom is -0.305 e. The van der Waals surface area contributed by atoms with Crippen molar-refractivity contribution < 1.29 is 8.42 Å². The van der Waals surface area contributed by atoms with Gasteiger partial charge in [0, 0.05) is 13.1 Å². The lowest BCUT2D eigenvalue weighted by Gasteiger charge is -2.14. The van der Waals surface area contributed by atoms with Gasteiger partial charge in [0.25, 0.3) is 0 Å². The van der Waals surface area contributed by atoms with E-state index in [0.29, 0.717) is 10.8 Å². The largest absolute Gasteiger partial charge is 0.305 e. The fourth-order valence-corrected chi connectivity index (χ4v) is 4.97. The van der Waals surface area contributed by atoms with Gasteiger partial charge in [0.2, 0.25) is 10.0 Å². The number of nitrogens with one attached hydrogen (secondary N) is 1. The number of hydrogen-bond donors (Lipinski definition) is 1. The summed E-state index contributed by atoms with van der Waals surface area (Å²) in [6.45, 7) is 1.07. The van der Waals surface area contributed by atoms with E-state index in [4.69, 9.17) is 0 Å². The molecule has 114 valence electrons. The van der Waals surface area contributed by atoms with Crippen LogP contribution < -0.4 is 4.72 Å². The van der Waals surface area contributed by atoms with E-state index in [9.17, 15) is 8.42 Å². The van der Waals surface area contributed by atoms with E-state index < -0.39 is 10.0 Å². The van der Waals surface area contributed by atoms with Crippen LogP contribution in [0.4, 0.5) is 0 Å². The van der Waals surface area contributed by atoms with Crippen molar-refractivity contribution in [3.63, 3.8) is 0 Å². The maximum atomic E-state index is 12.2. The van der Waals surface area contributed by atoms with E-state index in [1.54, 1.807) is 12.1 Å². The average Bonchev–Trinajstić information content (AvgIpc) is 2.85. The summed E-state index contributed by atoms with van der Waals surface area (Å²) in [5.41, 5.74) is 2.11. The lowest BCUT2D eigenvalue weighted by molar-refractivity contribution is 0.400. The lowest BCUT2D eigenvalue weighted by atomic mass is 10.1. The summed E-state index contributed by atoms with van der Waals surface area (Å²) < 4.78 is 28.2. The molecule has 0 aliphatic heterocycles. The minimum atomic E-state index is -3.46. The first-order valence-corrected chi connectivity index (χ1v) is 9.44. The van der Waals surface area contributed by atoms with Gasteiger partial charge in [0.05, 0.1) is 3.79 Å². The second-order valence-corrected chi connectivity index (χ2v) is 9.35. The molecule has 1 heterocycles. The number of benzene rings is 1. The Hall–Kier alpha value is -0.730. The molecule has 0 atom stereocenters. The van der Waals surface area contributed by atoms with Crippen molar-refractivity contribution in [3.8, 4) is 0 Å². The Morgan fingerprint density at radius 1 is 1.14 bits per heavy atom. The molecule has 0 aliphatic rings. The molecule has 4 nitrogen and oxygen atoms in total. The summed E-state index contributed by atoms with van der Waals surface area (Å²) in [6.07, 6.45) is 0. The van der Waals surface area contributed by atoms with Crippen LogP contribution in [0.3, 0.4) is 0 Å². The molecule has 0 fully saturated rings. The second-order valence-electron chi connectivity index (χ2n) is 4.89. The number of rotatable bonds is 6. The quantitative estimate of drug-likeness (QED) is 0.826. The zero-order valence-corrected chi connectivity index (χ0v) is 15.1. The molecule has 2 rings (SSSR count). The molecule has 0 bridgehead atoms. The highest BCUT2D eigenvalue weighted by Crippen LogP contribution is 2.26. The zero-order chi connectivity index (χ0) is 15.5. The maximum absolute atomic E-state index is 12.2. The SMILES string of the molecule is CN(C)Cc1ccccc1CNS(=O)(=O)c1ccc(Br)s1. The van der Waals surface area contributed by atoms with Crippen molar-refractivity contribution in [2.24, 2.45) is 0 Å². The number of thiophene rings is 1. The third-order valence-electron chi connectivity index (χ3n) is 2.87. The van der Waals surface area contributed by atoms with E-state index in [1.165, 1.54) is 11.3 Å². The number of nitrogens with zero attached hydrogens (tertiary/aromatic N) is 1. The van der Waals surface area contributed by atoms with Gasteiger partial charge in [-0.25, -0.2) is 13.1 Å². The molecule has 0 saturated carbocycles. The Morgan fingerprint density at radius 3 is 2.38 bits per heavy atom. The van der Waals surface area contributed by atoms with Crippen LogP contribution in [0.15, 0.2) is 44.4 Å². The molecule has 0 saturated heterocycles. The predicted octanol–water partition coefficient (Wildman–Crippen LogP) is 3.05. The van der Waals surface area contributed by atoms with Gasteiger partial charge < -0.3 is 4.90 Å². The van der Waals surface area contributed by atoms with Gasteiger partial charge in [-0.15, -0.1) is 11.3 Å². The summed E-state index contributed by atoms with van der Waals surface area (Å²) in [6, 6.07) is 11.2. The van der Waals surface area contributed by atoms with Crippen molar-refractivity contribution in [1.82, 2.24) is 9.62 Å². The van der Waals surface area contributed by atoms with Crippen LogP contribution in [-0.4, -0.2) is 27.4 Å². The van der Waals surface area contributed by atoms with Crippen molar-refractivity contribution in [2.45, 2.75) is 17.3 Å². The number of halogens is 1. The first-order valence-electron chi connectivity index (χ1n) is 6.35. The van der Waals surface area contributed by atoms with Crippen LogP contribution in [-0.2, 0) is 23.1 Å². The van der Waals surface area contributed by atoms with Crippen LogP contribution in [0.2, 0.25) is 0 Å².